The zero-order valence-corrected chi connectivity index (χ0v) is 42.8. The molecule has 2 amide bonds. The number of alkyl halides is 6. The zero-order valence-electron chi connectivity index (χ0n) is 42.8. The quantitative estimate of drug-likeness (QED) is 0.0358. The van der Waals surface area contributed by atoms with Crippen molar-refractivity contribution in [2.45, 2.75) is 97.0 Å². The molecule has 0 atom stereocenters. The van der Waals surface area contributed by atoms with Gasteiger partial charge in [-0.2, -0.15) is 26.3 Å². The average Bonchev–Trinajstić information content (AvgIpc) is 3.44. The van der Waals surface area contributed by atoms with Crippen LogP contribution in [0.15, 0.2) is 176 Å². The summed E-state index contributed by atoms with van der Waals surface area (Å²) >= 11 is 0. The number of carbonyl (C=O) groups is 4. The summed E-state index contributed by atoms with van der Waals surface area (Å²) < 4.78 is 82.7. The monoisotopic (exact) mass is 1070 g/mol. The van der Waals surface area contributed by atoms with E-state index in [1.807, 2.05) is 78.9 Å². The van der Waals surface area contributed by atoms with Crippen LogP contribution in [0.4, 0.5) is 26.3 Å². The number of carbonyl (C=O) groups excluding carboxylic acids is 2. The first-order valence-electron chi connectivity index (χ1n) is 25.2. The first-order chi connectivity index (χ1) is 37.3. The Morgan fingerprint density at radius 1 is 0.423 bits per heavy atom. The molecule has 0 heterocycles. The average molecular weight is 1070 g/mol. The second-order valence-corrected chi connectivity index (χ2v) is 18.5. The van der Waals surface area contributed by atoms with E-state index in [-0.39, 0.29) is 26.2 Å². The Morgan fingerprint density at radius 3 is 1.14 bits per heavy atom. The molecule has 0 saturated heterocycles. The molecular formula is C63H58F6N2O7. The Kier molecular flexibility index (Phi) is 21.4. The first-order valence-corrected chi connectivity index (χ1v) is 25.2. The van der Waals surface area contributed by atoms with Crippen LogP contribution in [-0.4, -0.2) is 43.8 Å². The fraction of sp³-hybridized carbons (Fsp3) is 0.238. The molecule has 0 spiro atoms. The molecule has 0 saturated carbocycles. The van der Waals surface area contributed by atoms with E-state index in [2.05, 4.69) is 43.0 Å². The minimum atomic E-state index is -4.49. The van der Waals surface area contributed by atoms with Crippen molar-refractivity contribution < 1.29 is 60.5 Å². The molecule has 78 heavy (non-hydrogen) atoms. The third-order valence-electron chi connectivity index (χ3n) is 12.5. The van der Waals surface area contributed by atoms with E-state index in [0.29, 0.717) is 28.9 Å². The van der Waals surface area contributed by atoms with Crippen LogP contribution >= 0.6 is 0 Å². The van der Waals surface area contributed by atoms with Gasteiger partial charge in [0, 0.05) is 37.3 Å². The van der Waals surface area contributed by atoms with Crippen LogP contribution < -0.4 is 4.74 Å². The maximum absolute atomic E-state index is 12.8. The summed E-state index contributed by atoms with van der Waals surface area (Å²) in [7, 11) is 0. The van der Waals surface area contributed by atoms with Crippen molar-refractivity contribution in [1.29, 1.82) is 0 Å². The lowest BCUT2D eigenvalue weighted by atomic mass is 10.0. The van der Waals surface area contributed by atoms with Crippen molar-refractivity contribution in [2.75, 3.05) is 0 Å². The van der Waals surface area contributed by atoms with Gasteiger partial charge in [-0.25, -0.2) is 9.59 Å². The number of hydrogen-bond donors (Lipinski definition) is 2. The third kappa shape index (κ3) is 19.2. The van der Waals surface area contributed by atoms with Crippen molar-refractivity contribution in [3.05, 3.63) is 243 Å². The summed E-state index contributed by atoms with van der Waals surface area (Å²) in [4.78, 5) is 49.4. The van der Waals surface area contributed by atoms with E-state index < -0.39 is 47.2 Å². The summed E-state index contributed by atoms with van der Waals surface area (Å²) in [5, 5.41) is 18.4. The summed E-state index contributed by atoms with van der Waals surface area (Å²) in [5.74, 6) is 1.35. The van der Waals surface area contributed by atoms with E-state index >= 15 is 0 Å². The standard InChI is InChI=1S/C32H24F3NO4.C31H34F3NO3/c33-32(34,35)28-16-12-26(13-17-28)21-36(30(37)31(38)39)20-25-10-8-23(9-11-25)6-7-24-14-18-29(19-15-24)40-22-27-4-2-1-3-5-27;1-2-3-4-5-6-23-7-9-24(10-8-23)11-12-25-13-15-26(16-14-25)21-35(29(36)30(37)38)22-27-17-19-28(20-18-27)31(32,33)34/h1-5,8-19H,20-22H2,(H,38,39);7-10,13-20H,2-6,11-12,21-22H2,1H3,(H,37,38). The van der Waals surface area contributed by atoms with Crippen LogP contribution in [0.5, 0.6) is 5.75 Å². The maximum Gasteiger partial charge on any atom is 0.416 e. The number of carboxylic acid groups (broad SMARTS) is 2. The molecule has 2 N–H and O–H groups in total. The van der Waals surface area contributed by atoms with Crippen LogP contribution in [0.3, 0.4) is 0 Å². The normalized spacial score (nSPS) is 11.1. The van der Waals surface area contributed by atoms with Crippen molar-refractivity contribution in [1.82, 2.24) is 9.80 Å². The lowest BCUT2D eigenvalue weighted by Gasteiger charge is -2.21. The lowest BCUT2D eigenvalue weighted by Crippen LogP contribution is -2.35. The largest absolute Gasteiger partial charge is 0.489 e. The Bertz CT molecular complexity index is 3100. The second kappa shape index (κ2) is 28.5. The molecule has 15 heteroatoms. The number of amides is 2. The van der Waals surface area contributed by atoms with E-state index in [0.717, 1.165) is 81.3 Å². The maximum atomic E-state index is 12.8. The number of rotatable bonds is 19. The Hall–Kier alpha value is -8.64. The molecule has 0 bridgehead atoms. The molecule has 9 nitrogen and oxygen atoms in total. The molecule has 0 fully saturated rings. The van der Waals surface area contributed by atoms with E-state index in [4.69, 9.17) is 4.74 Å². The number of aryl methyl sites for hydroxylation is 3. The van der Waals surface area contributed by atoms with Gasteiger partial charge in [0.05, 0.1) is 11.1 Å². The second-order valence-electron chi connectivity index (χ2n) is 18.5. The predicted molar refractivity (Wildman–Crippen MR) is 284 cm³/mol. The highest BCUT2D eigenvalue weighted by atomic mass is 19.4. The van der Waals surface area contributed by atoms with Crippen molar-refractivity contribution in [3.63, 3.8) is 0 Å². The molecule has 0 aliphatic heterocycles. The fourth-order valence-corrected chi connectivity index (χ4v) is 8.09. The van der Waals surface area contributed by atoms with Gasteiger partial charge in [0.15, 0.2) is 0 Å². The predicted octanol–water partition coefficient (Wildman–Crippen LogP) is 13.5. The van der Waals surface area contributed by atoms with E-state index in [1.165, 1.54) is 61.1 Å². The number of nitrogens with zero attached hydrogens (tertiary/aromatic N) is 2. The zero-order chi connectivity index (χ0) is 56.1. The molecule has 0 radical (unpaired) electrons. The Morgan fingerprint density at radius 2 is 0.769 bits per heavy atom. The highest BCUT2D eigenvalue weighted by Crippen LogP contribution is 2.31. The van der Waals surface area contributed by atoms with Gasteiger partial charge >= 0.3 is 36.1 Å². The van der Waals surface area contributed by atoms with Gasteiger partial charge in [-0.3, -0.25) is 9.59 Å². The minimum absolute atomic E-state index is 0.0339. The number of ether oxygens (including phenoxy) is 1. The van der Waals surface area contributed by atoms with Gasteiger partial charge in [-0.1, -0.05) is 153 Å². The summed E-state index contributed by atoms with van der Waals surface area (Å²) in [5.41, 5.74) is 6.89. The molecule has 0 aliphatic carbocycles. The van der Waals surface area contributed by atoms with Crippen LogP contribution in [0, 0.1) is 11.8 Å². The van der Waals surface area contributed by atoms with Crippen molar-refractivity contribution in [3.8, 4) is 17.6 Å². The summed E-state index contributed by atoms with van der Waals surface area (Å²) in [6.45, 7) is 2.41. The Balaban J connectivity index is 0.000000253. The molecule has 7 aromatic rings. The number of halogens is 6. The van der Waals surface area contributed by atoms with Gasteiger partial charge in [0.25, 0.3) is 0 Å². The number of carboxylic acids is 2. The summed E-state index contributed by atoms with van der Waals surface area (Å²) in [6.07, 6.45) is -1.08. The molecular weight excluding hydrogens is 1010 g/mol. The Labute approximate surface area is 449 Å². The minimum Gasteiger partial charge on any atom is -0.489 e. The van der Waals surface area contributed by atoms with Gasteiger partial charge in [0.1, 0.15) is 12.4 Å². The van der Waals surface area contributed by atoms with Gasteiger partial charge < -0.3 is 24.7 Å². The van der Waals surface area contributed by atoms with Gasteiger partial charge in [-0.05, 0) is 131 Å². The van der Waals surface area contributed by atoms with Crippen LogP contribution in [-0.2, 0) is 83.6 Å². The molecule has 7 aromatic carbocycles. The van der Waals surface area contributed by atoms with Crippen LogP contribution in [0.1, 0.15) is 99.4 Å². The van der Waals surface area contributed by atoms with Crippen molar-refractivity contribution >= 4 is 23.8 Å². The number of hydrogen-bond acceptors (Lipinski definition) is 5. The lowest BCUT2D eigenvalue weighted by molar-refractivity contribution is -0.156. The number of aliphatic carboxylic acids is 2. The summed E-state index contributed by atoms with van der Waals surface area (Å²) in [6, 6.07) is 49.2. The third-order valence-corrected chi connectivity index (χ3v) is 12.5. The van der Waals surface area contributed by atoms with Crippen molar-refractivity contribution in [2.24, 2.45) is 0 Å². The molecule has 7 rings (SSSR count). The topological polar surface area (TPSA) is 124 Å². The number of unbranched alkanes of at least 4 members (excludes halogenated alkanes) is 3. The molecule has 0 unspecified atom stereocenters. The van der Waals surface area contributed by atoms with Crippen LogP contribution in [0.25, 0.3) is 0 Å². The highest BCUT2D eigenvalue weighted by Gasteiger charge is 2.31. The fourth-order valence-electron chi connectivity index (χ4n) is 8.09. The van der Waals surface area contributed by atoms with E-state index in [1.54, 1.807) is 24.3 Å². The smallest absolute Gasteiger partial charge is 0.416 e. The molecule has 0 aliphatic rings. The van der Waals surface area contributed by atoms with Gasteiger partial charge in [-0.15, -0.1) is 0 Å². The first kappa shape index (κ1) is 58.6. The van der Waals surface area contributed by atoms with Gasteiger partial charge in [0.2, 0.25) is 0 Å². The highest BCUT2D eigenvalue weighted by molar-refractivity contribution is 6.31. The molecule has 404 valence electrons. The van der Waals surface area contributed by atoms with Crippen LogP contribution in [0.2, 0.25) is 0 Å². The number of benzene rings is 7. The molecule has 0 aromatic heterocycles. The SMILES string of the molecule is CCCCCCc1ccc(CCc2ccc(CN(Cc3ccc(C(F)(F)F)cc3)C(=O)C(=O)O)cc2)cc1.O=C(O)C(=O)N(Cc1ccc(C#Cc2ccc(OCc3ccccc3)cc2)cc1)Cc1ccc(C(F)(F)F)cc1. The van der Waals surface area contributed by atoms with E-state index in [9.17, 15) is 55.7 Å².